The van der Waals surface area contributed by atoms with Gasteiger partial charge in [0.25, 0.3) is 5.91 Å². The Balaban J connectivity index is 1.87. The Hall–Kier alpha value is -2.60. The fraction of sp³-hybridized carbons (Fsp3) is 0.400. The number of nitrogens with zero attached hydrogens (tertiary/aromatic N) is 1. The van der Waals surface area contributed by atoms with Crippen molar-refractivity contribution < 1.29 is 4.79 Å². The fourth-order valence-corrected chi connectivity index (χ4v) is 3.59. The lowest BCUT2D eigenvalue weighted by Gasteiger charge is -2.30. The molecule has 1 aliphatic rings. The average molecular weight is 353 g/mol. The number of hydrogen-bond donors (Lipinski definition) is 4. The smallest absolute Gasteiger partial charge is 0.269 e. The number of nitrogens with two attached hydrogens (primary N) is 2. The van der Waals surface area contributed by atoms with E-state index in [0.717, 1.165) is 35.3 Å². The van der Waals surface area contributed by atoms with E-state index in [1.165, 1.54) is 12.8 Å². The highest BCUT2D eigenvalue weighted by Gasteiger charge is 2.22. The molecule has 1 heterocycles. The molecule has 1 aromatic heterocycles. The van der Waals surface area contributed by atoms with E-state index >= 15 is 0 Å². The van der Waals surface area contributed by atoms with Gasteiger partial charge in [0.1, 0.15) is 0 Å². The van der Waals surface area contributed by atoms with Crippen LogP contribution in [0.3, 0.4) is 0 Å². The minimum absolute atomic E-state index is 0.135. The lowest BCUT2D eigenvalue weighted by Crippen LogP contribution is -2.42. The maximum absolute atomic E-state index is 11.8. The monoisotopic (exact) mass is 353 g/mol. The van der Waals surface area contributed by atoms with E-state index in [1.54, 1.807) is 6.20 Å². The van der Waals surface area contributed by atoms with Crippen molar-refractivity contribution in [2.75, 3.05) is 10.6 Å². The van der Waals surface area contributed by atoms with Gasteiger partial charge in [0, 0.05) is 17.8 Å². The molecule has 2 aromatic rings. The van der Waals surface area contributed by atoms with Crippen molar-refractivity contribution in [3.8, 4) is 0 Å². The Morgan fingerprint density at radius 2 is 1.77 bits per heavy atom. The first-order valence-electron chi connectivity index (χ1n) is 9.09. The highest BCUT2D eigenvalue weighted by molar-refractivity contribution is 5.97. The van der Waals surface area contributed by atoms with Gasteiger partial charge in [-0.1, -0.05) is 18.9 Å². The summed E-state index contributed by atoms with van der Waals surface area (Å²) in [5, 5.41) is 6.76. The zero-order valence-corrected chi connectivity index (χ0v) is 15.4. The van der Waals surface area contributed by atoms with Gasteiger partial charge in [0.15, 0.2) is 5.69 Å². The first kappa shape index (κ1) is 18.2. The van der Waals surface area contributed by atoms with Gasteiger partial charge in [-0.3, -0.25) is 4.79 Å². The van der Waals surface area contributed by atoms with Crippen LogP contribution in [-0.2, 0) is 0 Å². The van der Waals surface area contributed by atoms with Crippen LogP contribution in [0.2, 0.25) is 0 Å². The van der Waals surface area contributed by atoms with E-state index in [2.05, 4.69) is 21.7 Å². The number of nitrogens with one attached hydrogen (secondary N) is 2. The van der Waals surface area contributed by atoms with Crippen LogP contribution >= 0.6 is 0 Å². The quantitative estimate of drug-likeness (QED) is 0.660. The summed E-state index contributed by atoms with van der Waals surface area (Å²) in [5.74, 6) is -0.558. The number of primary amides is 1. The number of aryl methyl sites for hydroxylation is 2. The number of carbonyl (C=O) groups excluding carboxylic acids is 1. The van der Waals surface area contributed by atoms with E-state index in [4.69, 9.17) is 11.5 Å². The Labute approximate surface area is 154 Å². The van der Waals surface area contributed by atoms with Crippen LogP contribution in [0.25, 0.3) is 0 Å². The summed E-state index contributed by atoms with van der Waals surface area (Å²) >= 11 is 0. The zero-order chi connectivity index (χ0) is 18.7. The number of anilines is 3. The third-order valence-electron chi connectivity index (χ3n) is 4.79. The molecule has 0 radical (unpaired) electrons. The largest absolute Gasteiger partial charge is 0.379 e. The van der Waals surface area contributed by atoms with E-state index in [0.29, 0.717) is 5.69 Å². The van der Waals surface area contributed by atoms with Crippen molar-refractivity contribution >= 4 is 23.0 Å². The first-order chi connectivity index (χ1) is 12.4. The minimum Gasteiger partial charge on any atom is -0.379 e. The maximum Gasteiger partial charge on any atom is 0.269 e. The van der Waals surface area contributed by atoms with Gasteiger partial charge in [-0.15, -0.1) is 0 Å². The Bertz CT molecular complexity index is 785. The van der Waals surface area contributed by atoms with Gasteiger partial charge in [-0.2, -0.15) is 0 Å². The summed E-state index contributed by atoms with van der Waals surface area (Å²) in [5.41, 5.74) is 16.6. The second kappa shape index (κ2) is 7.74. The van der Waals surface area contributed by atoms with Crippen LogP contribution in [0.4, 0.5) is 17.1 Å². The summed E-state index contributed by atoms with van der Waals surface area (Å²) in [7, 11) is 0. The molecule has 0 bridgehead atoms. The van der Waals surface area contributed by atoms with Crippen molar-refractivity contribution in [3.05, 3.63) is 47.3 Å². The van der Waals surface area contributed by atoms with Gasteiger partial charge < -0.3 is 22.1 Å². The summed E-state index contributed by atoms with van der Waals surface area (Å²) in [6.45, 7) is 4.07. The van der Waals surface area contributed by atoms with E-state index in [9.17, 15) is 4.79 Å². The molecule has 6 nitrogen and oxygen atoms in total. The third-order valence-corrected chi connectivity index (χ3v) is 4.79. The number of pyridine rings is 1. The molecule has 0 spiro atoms. The molecule has 3 rings (SSSR count). The van der Waals surface area contributed by atoms with Crippen molar-refractivity contribution in [1.82, 2.24) is 4.98 Å². The van der Waals surface area contributed by atoms with E-state index < -0.39 is 5.91 Å². The highest BCUT2D eigenvalue weighted by atomic mass is 16.1. The fourth-order valence-electron chi connectivity index (χ4n) is 3.59. The van der Waals surface area contributed by atoms with Crippen LogP contribution < -0.4 is 22.1 Å². The lowest BCUT2D eigenvalue weighted by atomic mass is 9.91. The molecule has 138 valence electrons. The van der Waals surface area contributed by atoms with E-state index in [1.807, 2.05) is 32.0 Å². The molecule has 0 unspecified atom stereocenters. The Morgan fingerprint density at radius 3 is 2.42 bits per heavy atom. The molecule has 1 aromatic carbocycles. The second-order valence-corrected chi connectivity index (χ2v) is 7.18. The number of hydrogen-bond acceptors (Lipinski definition) is 5. The first-order valence-corrected chi connectivity index (χ1v) is 9.09. The Morgan fingerprint density at radius 1 is 1.08 bits per heavy atom. The van der Waals surface area contributed by atoms with Gasteiger partial charge in [-0.25, -0.2) is 4.98 Å². The molecule has 1 saturated carbocycles. The molecule has 6 heteroatoms. The molecule has 1 aliphatic carbocycles. The lowest BCUT2D eigenvalue weighted by molar-refractivity contribution is 0.0996. The predicted octanol–water partition coefficient (Wildman–Crippen LogP) is 3.22. The van der Waals surface area contributed by atoms with Crippen LogP contribution in [-0.4, -0.2) is 23.0 Å². The minimum atomic E-state index is -0.558. The zero-order valence-electron chi connectivity index (χ0n) is 15.4. The summed E-state index contributed by atoms with van der Waals surface area (Å²) in [6, 6.07) is 8.38. The summed E-state index contributed by atoms with van der Waals surface area (Å²) in [6.07, 6.45) is 6.06. The van der Waals surface area contributed by atoms with Crippen LogP contribution in [0, 0.1) is 13.8 Å². The molecular weight excluding hydrogens is 326 g/mol. The molecule has 26 heavy (non-hydrogen) atoms. The average Bonchev–Trinajstić information content (AvgIpc) is 2.56. The number of carbonyl (C=O) groups is 1. The standard InChI is InChI=1S/C20H27N5O/c1-12-7-13(2)9-14(8-12)24-18-10-15(11-23-19(18)20(22)26)25-17-6-4-3-5-16(17)21/h7-11,16-17,24-25H,3-6,21H2,1-2H3,(H2,22,26)/t16-,17+/m0/s1. The number of benzene rings is 1. The molecule has 1 fully saturated rings. The van der Waals surface area contributed by atoms with Crippen molar-refractivity contribution in [2.45, 2.75) is 51.6 Å². The number of rotatable bonds is 5. The van der Waals surface area contributed by atoms with Gasteiger partial charge in [0.05, 0.1) is 17.6 Å². The van der Waals surface area contributed by atoms with Crippen molar-refractivity contribution in [2.24, 2.45) is 11.5 Å². The molecule has 0 aliphatic heterocycles. The molecular formula is C20H27N5O. The predicted molar refractivity (Wildman–Crippen MR) is 106 cm³/mol. The maximum atomic E-state index is 11.8. The molecule has 0 saturated heterocycles. The molecule has 6 N–H and O–H groups in total. The number of amides is 1. The van der Waals surface area contributed by atoms with Gasteiger partial charge in [0.2, 0.25) is 0 Å². The SMILES string of the molecule is Cc1cc(C)cc(Nc2cc(N[C@@H]3CCCC[C@@H]3N)cnc2C(N)=O)c1. The van der Waals surface area contributed by atoms with Crippen LogP contribution in [0.1, 0.15) is 47.3 Å². The molecule has 1 amide bonds. The van der Waals surface area contributed by atoms with Gasteiger partial charge >= 0.3 is 0 Å². The highest BCUT2D eigenvalue weighted by Crippen LogP contribution is 2.26. The third kappa shape index (κ3) is 4.32. The Kier molecular flexibility index (Phi) is 5.42. The topological polar surface area (TPSA) is 106 Å². The second-order valence-electron chi connectivity index (χ2n) is 7.18. The number of aromatic nitrogens is 1. The van der Waals surface area contributed by atoms with Gasteiger partial charge in [-0.05, 0) is 56.0 Å². The van der Waals surface area contributed by atoms with Crippen molar-refractivity contribution in [1.29, 1.82) is 0 Å². The summed E-state index contributed by atoms with van der Waals surface area (Å²) < 4.78 is 0. The molecule has 2 atom stereocenters. The van der Waals surface area contributed by atoms with Crippen LogP contribution in [0.5, 0.6) is 0 Å². The van der Waals surface area contributed by atoms with Crippen molar-refractivity contribution in [3.63, 3.8) is 0 Å². The van der Waals surface area contributed by atoms with Crippen LogP contribution in [0.15, 0.2) is 30.5 Å². The van der Waals surface area contributed by atoms with E-state index in [-0.39, 0.29) is 17.8 Å². The summed E-state index contributed by atoms with van der Waals surface area (Å²) in [4.78, 5) is 16.0. The normalized spacial score (nSPS) is 19.8.